The number of carbonyl (C=O) groups is 1. The van der Waals surface area contributed by atoms with Gasteiger partial charge in [0, 0.05) is 5.02 Å². The largest absolute Gasteiger partial charge is 0.492 e. The minimum Gasteiger partial charge on any atom is -0.492 e. The Labute approximate surface area is 139 Å². The van der Waals surface area contributed by atoms with Crippen LogP contribution in [-0.4, -0.2) is 19.2 Å². The fraction of sp³-hybridized carbons (Fsp3) is 0.188. The molecule has 4 nitrogen and oxygen atoms in total. The molecule has 0 saturated carbocycles. The number of ether oxygens (including phenoxy) is 1. The maximum absolute atomic E-state index is 11.7. The molecular formula is C16H16Cl2N2O2. The lowest BCUT2D eigenvalue weighted by Crippen LogP contribution is -2.32. The first-order chi connectivity index (χ1) is 10.6. The molecule has 22 heavy (non-hydrogen) atoms. The summed E-state index contributed by atoms with van der Waals surface area (Å²) < 4.78 is 5.54. The smallest absolute Gasteiger partial charge is 0.319 e. The highest BCUT2D eigenvalue weighted by Crippen LogP contribution is 2.21. The number of amides is 2. The van der Waals surface area contributed by atoms with Gasteiger partial charge in [0.1, 0.15) is 12.4 Å². The zero-order valence-corrected chi connectivity index (χ0v) is 13.5. The summed E-state index contributed by atoms with van der Waals surface area (Å²) in [5.74, 6) is 0.718. The molecule has 0 fully saturated rings. The predicted octanol–water partition coefficient (Wildman–Crippen LogP) is 4.50. The van der Waals surface area contributed by atoms with Crippen molar-refractivity contribution in [1.82, 2.24) is 5.32 Å². The summed E-state index contributed by atoms with van der Waals surface area (Å²) in [5, 5.41) is 6.56. The highest BCUT2D eigenvalue weighted by atomic mass is 35.5. The van der Waals surface area contributed by atoms with Gasteiger partial charge in [0.25, 0.3) is 0 Å². The molecular weight excluding hydrogens is 323 g/mol. The lowest BCUT2D eigenvalue weighted by atomic mass is 10.2. The van der Waals surface area contributed by atoms with Gasteiger partial charge in [-0.15, -0.1) is 0 Å². The quantitative estimate of drug-likeness (QED) is 0.788. The Kier molecular flexibility index (Phi) is 5.92. The van der Waals surface area contributed by atoms with Crippen LogP contribution in [0, 0.1) is 6.92 Å². The minimum atomic E-state index is -0.330. The SMILES string of the molecule is Cc1cc(OCCNC(=O)Nc2ccccc2Cl)ccc1Cl. The molecule has 2 rings (SSSR count). The molecule has 2 amide bonds. The third-order valence-corrected chi connectivity index (χ3v) is 3.66. The van der Waals surface area contributed by atoms with Gasteiger partial charge in [-0.05, 0) is 42.8 Å². The minimum absolute atomic E-state index is 0.330. The maximum Gasteiger partial charge on any atom is 0.319 e. The first kappa shape index (κ1) is 16.5. The van der Waals surface area contributed by atoms with Crippen molar-refractivity contribution in [2.75, 3.05) is 18.5 Å². The molecule has 0 atom stereocenters. The second-order valence-corrected chi connectivity index (χ2v) is 5.43. The summed E-state index contributed by atoms with van der Waals surface area (Å²) in [6.07, 6.45) is 0. The van der Waals surface area contributed by atoms with Crippen LogP contribution in [0.25, 0.3) is 0 Å². The summed E-state index contributed by atoms with van der Waals surface area (Å²) >= 11 is 11.9. The molecule has 0 heterocycles. The van der Waals surface area contributed by atoms with E-state index in [2.05, 4.69) is 10.6 Å². The first-order valence-corrected chi connectivity index (χ1v) is 7.50. The first-order valence-electron chi connectivity index (χ1n) is 6.74. The van der Waals surface area contributed by atoms with E-state index in [1.54, 1.807) is 36.4 Å². The summed E-state index contributed by atoms with van der Waals surface area (Å²) in [4.78, 5) is 11.7. The van der Waals surface area contributed by atoms with Crippen LogP contribution in [0.1, 0.15) is 5.56 Å². The monoisotopic (exact) mass is 338 g/mol. The number of urea groups is 1. The maximum atomic E-state index is 11.7. The molecule has 116 valence electrons. The lowest BCUT2D eigenvalue weighted by Gasteiger charge is -2.10. The molecule has 0 spiro atoms. The van der Waals surface area contributed by atoms with E-state index in [-0.39, 0.29) is 6.03 Å². The van der Waals surface area contributed by atoms with Crippen LogP contribution < -0.4 is 15.4 Å². The third-order valence-electron chi connectivity index (χ3n) is 2.91. The Morgan fingerprint density at radius 1 is 1.14 bits per heavy atom. The standard InChI is InChI=1S/C16H16Cl2N2O2/c1-11-10-12(6-7-13(11)17)22-9-8-19-16(21)20-15-5-3-2-4-14(15)18/h2-7,10H,8-9H2,1H3,(H2,19,20,21). The average Bonchev–Trinajstić information content (AvgIpc) is 2.49. The Morgan fingerprint density at radius 2 is 1.91 bits per heavy atom. The molecule has 0 radical (unpaired) electrons. The van der Waals surface area contributed by atoms with E-state index in [0.29, 0.717) is 28.9 Å². The van der Waals surface area contributed by atoms with Crippen LogP contribution in [0.15, 0.2) is 42.5 Å². The molecule has 0 aromatic heterocycles. The van der Waals surface area contributed by atoms with E-state index < -0.39 is 0 Å². The number of hydrogen-bond acceptors (Lipinski definition) is 2. The van der Waals surface area contributed by atoms with Crippen LogP contribution in [0.2, 0.25) is 10.0 Å². The van der Waals surface area contributed by atoms with Crippen LogP contribution in [0.4, 0.5) is 10.5 Å². The van der Waals surface area contributed by atoms with Crippen LogP contribution >= 0.6 is 23.2 Å². The molecule has 0 aliphatic heterocycles. The van der Waals surface area contributed by atoms with Crippen LogP contribution in [0.3, 0.4) is 0 Å². The van der Waals surface area contributed by atoms with Crippen molar-refractivity contribution in [1.29, 1.82) is 0 Å². The zero-order valence-electron chi connectivity index (χ0n) is 12.0. The second-order valence-electron chi connectivity index (χ2n) is 4.62. The number of benzene rings is 2. The Hall–Kier alpha value is -1.91. The van der Waals surface area contributed by atoms with Gasteiger partial charge in [0.2, 0.25) is 0 Å². The molecule has 0 saturated heterocycles. The van der Waals surface area contributed by atoms with Gasteiger partial charge in [-0.3, -0.25) is 0 Å². The number of halogens is 2. The average molecular weight is 339 g/mol. The molecule has 2 aromatic carbocycles. The van der Waals surface area contributed by atoms with Gasteiger partial charge in [0.15, 0.2) is 0 Å². The van der Waals surface area contributed by atoms with Gasteiger partial charge in [0.05, 0.1) is 17.3 Å². The third kappa shape index (κ3) is 4.83. The van der Waals surface area contributed by atoms with Gasteiger partial charge < -0.3 is 15.4 Å². The van der Waals surface area contributed by atoms with Gasteiger partial charge in [-0.2, -0.15) is 0 Å². The van der Waals surface area contributed by atoms with Crippen molar-refractivity contribution in [3.8, 4) is 5.75 Å². The zero-order chi connectivity index (χ0) is 15.9. The molecule has 6 heteroatoms. The molecule has 0 aliphatic rings. The molecule has 0 bridgehead atoms. The Bertz CT molecular complexity index is 662. The molecule has 0 aliphatic carbocycles. The number of anilines is 1. The highest BCUT2D eigenvalue weighted by Gasteiger charge is 2.04. The Morgan fingerprint density at radius 3 is 2.64 bits per heavy atom. The van der Waals surface area contributed by atoms with Crippen molar-refractivity contribution in [3.05, 3.63) is 58.1 Å². The van der Waals surface area contributed by atoms with Crippen molar-refractivity contribution in [3.63, 3.8) is 0 Å². The van der Waals surface area contributed by atoms with E-state index in [0.717, 1.165) is 11.3 Å². The van der Waals surface area contributed by atoms with E-state index in [1.165, 1.54) is 0 Å². The van der Waals surface area contributed by atoms with Crippen molar-refractivity contribution >= 4 is 34.9 Å². The summed E-state index contributed by atoms with van der Waals surface area (Å²) in [7, 11) is 0. The predicted molar refractivity (Wildman–Crippen MR) is 90.2 cm³/mol. The van der Waals surface area contributed by atoms with Crippen LogP contribution in [0.5, 0.6) is 5.75 Å². The van der Waals surface area contributed by atoms with Gasteiger partial charge >= 0.3 is 6.03 Å². The summed E-state index contributed by atoms with van der Waals surface area (Å²) in [6.45, 7) is 2.64. The highest BCUT2D eigenvalue weighted by molar-refractivity contribution is 6.33. The number of nitrogens with one attached hydrogen (secondary N) is 2. The second kappa shape index (κ2) is 7.92. The van der Waals surface area contributed by atoms with E-state index in [1.807, 2.05) is 13.0 Å². The fourth-order valence-electron chi connectivity index (χ4n) is 1.77. The van der Waals surface area contributed by atoms with Crippen molar-refractivity contribution < 1.29 is 9.53 Å². The van der Waals surface area contributed by atoms with Crippen molar-refractivity contribution in [2.45, 2.75) is 6.92 Å². The number of aryl methyl sites for hydroxylation is 1. The van der Waals surface area contributed by atoms with Gasteiger partial charge in [-0.25, -0.2) is 4.79 Å². The van der Waals surface area contributed by atoms with Crippen LogP contribution in [-0.2, 0) is 0 Å². The number of para-hydroxylation sites is 1. The number of carbonyl (C=O) groups excluding carboxylic acids is 1. The fourth-order valence-corrected chi connectivity index (χ4v) is 2.07. The van der Waals surface area contributed by atoms with E-state index in [4.69, 9.17) is 27.9 Å². The Balaban J connectivity index is 1.73. The molecule has 2 aromatic rings. The summed E-state index contributed by atoms with van der Waals surface area (Å²) in [5.41, 5.74) is 1.51. The normalized spacial score (nSPS) is 10.1. The number of rotatable bonds is 5. The van der Waals surface area contributed by atoms with E-state index >= 15 is 0 Å². The lowest BCUT2D eigenvalue weighted by molar-refractivity contribution is 0.247. The van der Waals surface area contributed by atoms with Crippen molar-refractivity contribution in [2.24, 2.45) is 0 Å². The summed E-state index contributed by atoms with van der Waals surface area (Å²) in [6, 6.07) is 12.1. The van der Waals surface area contributed by atoms with E-state index in [9.17, 15) is 4.79 Å². The molecule has 2 N–H and O–H groups in total. The number of hydrogen-bond donors (Lipinski definition) is 2. The van der Waals surface area contributed by atoms with Gasteiger partial charge in [-0.1, -0.05) is 35.3 Å². The molecule has 0 unspecified atom stereocenters. The topological polar surface area (TPSA) is 50.4 Å².